The van der Waals surface area contributed by atoms with E-state index in [4.69, 9.17) is 28.4 Å². The SMILES string of the molecule is CCCC/C=C/C/C=C/CCCCCCCC(=O)O[C@H](COC(=O)CCCCCCCCCCCCCCCC)CO[C@@H]1O[C@H](CO[C@@H]2O[C@H](CO)[C@H](O)C(O)C2O)[C@H](O)C(O)C1O. The Morgan fingerprint density at radius 1 is 0.500 bits per heavy atom. The number of hydrogen-bond acceptors (Lipinski definition) is 15. The van der Waals surface area contributed by atoms with Gasteiger partial charge in [0, 0.05) is 12.8 Å². The molecule has 0 aromatic heterocycles. The minimum absolute atomic E-state index is 0.151. The molecule has 2 rings (SSSR count). The molecule has 15 heteroatoms. The van der Waals surface area contributed by atoms with E-state index in [1.165, 1.54) is 77.0 Å². The molecule has 2 fully saturated rings. The predicted molar refractivity (Wildman–Crippen MR) is 243 cm³/mol. The molecule has 15 nitrogen and oxygen atoms in total. The topological polar surface area (TPSA) is 231 Å². The first kappa shape index (κ1) is 58.1. The van der Waals surface area contributed by atoms with Crippen molar-refractivity contribution >= 4 is 11.9 Å². The molecule has 4 unspecified atom stereocenters. The molecule has 2 heterocycles. The lowest BCUT2D eigenvalue weighted by atomic mass is 9.98. The second-order valence-corrected chi connectivity index (χ2v) is 17.6. The van der Waals surface area contributed by atoms with E-state index in [1.807, 2.05) is 0 Å². The molecule has 0 bridgehead atoms. The second kappa shape index (κ2) is 37.0. The van der Waals surface area contributed by atoms with E-state index in [-0.39, 0.29) is 26.1 Å². The summed E-state index contributed by atoms with van der Waals surface area (Å²) in [7, 11) is 0. The highest BCUT2D eigenvalue weighted by molar-refractivity contribution is 5.70. The van der Waals surface area contributed by atoms with Crippen LogP contribution in [0.4, 0.5) is 0 Å². The van der Waals surface area contributed by atoms with Gasteiger partial charge in [-0.05, 0) is 38.5 Å². The van der Waals surface area contributed by atoms with Crippen molar-refractivity contribution in [3.05, 3.63) is 24.3 Å². The van der Waals surface area contributed by atoms with Crippen molar-refractivity contribution in [1.29, 1.82) is 0 Å². The molecule has 2 aliphatic heterocycles. The molecule has 0 saturated carbocycles. The number of carbonyl (C=O) groups is 2. The van der Waals surface area contributed by atoms with Crippen molar-refractivity contribution in [3.8, 4) is 0 Å². The Balaban J connectivity index is 1.83. The fourth-order valence-electron chi connectivity index (χ4n) is 7.76. The molecular formula is C49H88O15. The molecule has 0 spiro atoms. The molecule has 0 radical (unpaired) electrons. The number of ether oxygens (including phenoxy) is 6. The predicted octanol–water partition coefficient (Wildman–Crippen LogP) is 6.38. The number of rotatable bonds is 38. The van der Waals surface area contributed by atoms with Crippen LogP contribution >= 0.6 is 0 Å². The molecule has 64 heavy (non-hydrogen) atoms. The quantitative estimate of drug-likeness (QED) is 0.0203. The summed E-state index contributed by atoms with van der Waals surface area (Å²) in [6, 6.07) is 0. The van der Waals surface area contributed by atoms with Gasteiger partial charge in [0.05, 0.1) is 19.8 Å². The van der Waals surface area contributed by atoms with Crippen LogP contribution in [0.3, 0.4) is 0 Å². The number of esters is 2. The van der Waals surface area contributed by atoms with E-state index in [0.717, 1.165) is 64.2 Å². The van der Waals surface area contributed by atoms with Crippen LogP contribution in [0.5, 0.6) is 0 Å². The van der Waals surface area contributed by atoms with E-state index in [0.29, 0.717) is 12.8 Å². The number of aliphatic hydroxyl groups is 7. The van der Waals surface area contributed by atoms with Crippen molar-refractivity contribution in [2.24, 2.45) is 0 Å². The van der Waals surface area contributed by atoms with Crippen LogP contribution in [-0.4, -0.2) is 142 Å². The maximum Gasteiger partial charge on any atom is 0.306 e. The summed E-state index contributed by atoms with van der Waals surface area (Å²) < 4.78 is 33.5. The Bertz CT molecular complexity index is 1220. The van der Waals surface area contributed by atoms with Crippen LogP contribution in [0.2, 0.25) is 0 Å². The van der Waals surface area contributed by atoms with E-state index in [2.05, 4.69) is 38.2 Å². The van der Waals surface area contributed by atoms with Crippen LogP contribution in [0.25, 0.3) is 0 Å². The second-order valence-electron chi connectivity index (χ2n) is 17.6. The average molecular weight is 917 g/mol. The largest absolute Gasteiger partial charge is 0.462 e. The summed E-state index contributed by atoms with van der Waals surface area (Å²) in [5, 5.41) is 72.0. The van der Waals surface area contributed by atoms with Crippen LogP contribution < -0.4 is 0 Å². The summed E-state index contributed by atoms with van der Waals surface area (Å²) in [6.45, 7) is 2.54. The van der Waals surface area contributed by atoms with Crippen LogP contribution in [0.1, 0.15) is 181 Å². The first-order valence-corrected chi connectivity index (χ1v) is 24.9. The van der Waals surface area contributed by atoms with Gasteiger partial charge in [-0.25, -0.2) is 0 Å². The zero-order chi connectivity index (χ0) is 46.8. The molecule has 2 aliphatic rings. The highest BCUT2D eigenvalue weighted by atomic mass is 16.7. The monoisotopic (exact) mass is 917 g/mol. The van der Waals surface area contributed by atoms with E-state index in [9.17, 15) is 45.3 Å². The Labute approximate surface area is 383 Å². The highest BCUT2D eigenvalue weighted by Gasteiger charge is 2.47. The molecule has 7 N–H and O–H groups in total. The summed E-state index contributed by atoms with van der Waals surface area (Å²) in [6.07, 6.45) is 19.2. The van der Waals surface area contributed by atoms with Gasteiger partial charge < -0.3 is 64.2 Å². The normalized spacial score (nSPS) is 26.8. The molecule has 0 aromatic rings. The average Bonchev–Trinajstić information content (AvgIpc) is 3.29. The van der Waals surface area contributed by atoms with Gasteiger partial charge in [0.25, 0.3) is 0 Å². The Hall–Kier alpha value is -2.02. The molecule has 11 atom stereocenters. The lowest BCUT2D eigenvalue weighted by Crippen LogP contribution is -2.61. The molecule has 0 aromatic carbocycles. The van der Waals surface area contributed by atoms with Crippen LogP contribution in [0.15, 0.2) is 24.3 Å². The van der Waals surface area contributed by atoms with Gasteiger partial charge in [0.15, 0.2) is 18.7 Å². The van der Waals surface area contributed by atoms with Crippen molar-refractivity contribution in [2.75, 3.05) is 26.4 Å². The zero-order valence-corrected chi connectivity index (χ0v) is 39.3. The van der Waals surface area contributed by atoms with Crippen LogP contribution in [-0.2, 0) is 38.0 Å². The third-order valence-corrected chi connectivity index (χ3v) is 11.9. The molecule has 2 saturated heterocycles. The third kappa shape index (κ3) is 25.2. The standard InChI is InChI=1S/C49H88O15/c1-3-5-7-9-11-13-15-17-19-21-23-25-27-29-31-40(51)59-34-37(62-41(52)32-30-28-26-24-22-20-18-16-14-12-10-8-6-4-2)35-60-48-47(58)45(56)43(54)39(64-48)36-61-49-46(57)44(55)42(53)38(33-50)63-49/h10,12,16,18,37-39,42-50,53-58H,3-9,11,13-15,17,19-36H2,1-2H3/b12-10+,18-16+/t37-,38-,39-,42+,43+,44?,45?,46?,47?,48-,49-/m1/s1. The summed E-state index contributed by atoms with van der Waals surface area (Å²) in [5.41, 5.74) is 0. The number of aliphatic hydroxyl groups excluding tert-OH is 7. The number of allylic oxidation sites excluding steroid dienone is 4. The summed E-state index contributed by atoms with van der Waals surface area (Å²) >= 11 is 0. The van der Waals surface area contributed by atoms with Gasteiger partial charge in [-0.2, -0.15) is 0 Å². The van der Waals surface area contributed by atoms with E-state index in [1.54, 1.807) is 0 Å². The maximum atomic E-state index is 13.0. The minimum atomic E-state index is -1.76. The number of unbranched alkanes of at least 4 members (excludes halogenated alkanes) is 20. The third-order valence-electron chi connectivity index (χ3n) is 11.9. The Kier molecular flexibility index (Phi) is 33.6. The van der Waals surface area contributed by atoms with Gasteiger partial charge in [-0.15, -0.1) is 0 Å². The van der Waals surface area contributed by atoms with Crippen LogP contribution in [0, 0.1) is 0 Å². The Morgan fingerprint density at radius 3 is 1.50 bits per heavy atom. The van der Waals surface area contributed by atoms with Crippen molar-refractivity contribution in [3.63, 3.8) is 0 Å². The number of hydrogen-bond donors (Lipinski definition) is 7. The lowest BCUT2D eigenvalue weighted by molar-refractivity contribution is -0.332. The van der Waals surface area contributed by atoms with Crippen molar-refractivity contribution in [2.45, 2.75) is 248 Å². The van der Waals surface area contributed by atoms with Gasteiger partial charge in [-0.1, -0.05) is 154 Å². The van der Waals surface area contributed by atoms with E-state index < -0.39 is 92.7 Å². The molecule has 0 aliphatic carbocycles. The van der Waals surface area contributed by atoms with Gasteiger partial charge in [0.2, 0.25) is 0 Å². The van der Waals surface area contributed by atoms with Gasteiger partial charge >= 0.3 is 11.9 Å². The molecular weight excluding hydrogens is 829 g/mol. The van der Waals surface area contributed by atoms with Gasteiger partial charge in [-0.3, -0.25) is 9.59 Å². The van der Waals surface area contributed by atoms with E-state index >= 15 is 0 Å². The minimum Gasteiger partial charge on any atom is -0.462 e. The number of carbonyl (C=O) groups excluding carboxylic acids is 2. The highest BCUT2D eigenvalue weighted by Crippen LogP contribution is 2.26. The van der Waals surface area contributed by atoms with Crippen molar-refractivity contribution in [1.82, 2.24) is 0 Å². The fraction of sp³-hybridized carbons (Fsp3) is 0.878. The van der Waals surface area contributed by atoms with Crippen molar-refractivity contribution < 1.29 is 73.8 Å². The maximum absolute atomic E-state index is 13.0. The fourth-order valence-corrected chi connectivity index (χ4v) is 7.76. The summed E-state index contributed by atoms with van der Waals surface area (Å²) in [4.78, 5) is 25.7. The first-order valence-electron chi connectivity index (χ1n) is 24.9. The Morgan fingerprint density at radius 2 is 0.953 bits per heavy atom. The first-order chi connectivity index (χ1) is 31.0. The molecule has 0 amide bonds. The summed E-state index contributed by atoms with van der Waals surface area (Å²) in [5.74, 6) is -0.936. The van der Waals surface area contributed by atoms with Gasteiger partial charge in [0.1, 0.15) is 55.4 Å². The molecule has 374 valence electrons. The smallest absolute Gasteiger partial charge is 0.306 e. The lowest BCUT2D eigenvalue weighted by Gasteiger charge is -2.42. The zero-order valence-electron chi connectivity index (χ0n) is 39.3.